The van der Waals surface area contributed by atoms with Crippen molar-refractivity contribution in [1.82, 2.24) is 9.55 Å². The zero-order valence-corrected chi connectivity index (χ0v) is 21.5. The first kappa shape index (κ1) is 26.8. The molecule has 1 spiro atoms. The molecule has 1 aliphatic carbocycles. The minimum absolute atomic E-state index is 0. The largest absolute Gasteiger partial charge is 0.674 e. The van der Waals surface area contributed by atoms with E-state index in [0.717, 1.165) is 36.8 Å². The van der Waals surface area contributed by atoms with Gasteiger partial charge >= 0.3 is 0 Å². The summed E-state index contributed by atoms with van der Waals surface area (Å²) in [7, 11) is 0. The Bertz CT molecular complexity index is 954. The predicted octanol–water partition coefficient (Wildman–Crippen LogP) is 4.76. The average Bonchev–Trinajstić information content (AvgIpc) is 3.28. The van der Waals surface area contributed by atoms with Crippen LogP contribution in [-0.2, 0) is 39.3 Å². The minimum atomic E-state index is -0.870. The van der Waals surface area contributed by atoms with E-state index in [9.17, 15) is 9.90 Å². The maximum Gasteiger partial charge on any atom is 0.253 e. The van der Waals surface area contributed by atoms with Gasteiger partial charge in [-0.2, -0.15) is 0 Å². The van der Waals surface area contributed by atoms with Gasteiger partial charge in [0.25, 0.3) is 5.56 Å². The second kappa shape index (κ2) is 12.1. The van der Waals surface area contributed by atoms with E-state index in [1.54, 1.807) is 23.0 Å². The monoisotopic (exact) mass is 509 g/mol. The molecule has 7 heteroatoms. The van der Waals surface area contributed by atoms with E-state index in [-0.39, 0.29) is 50.2 Å². The van der Waals surface area contributed by atoms with Crippen molar-refractivity contribution in [3.05, 3.63) is 88.9 Å². The van der Waals surface area contributed by atoms with E-state index < -0.39 is 5.60 Å². The van der Waals surface area contributed by atoms with Gasteiger partial charge in [-0.3, -0.25) is 9.36 Å². The molecule has 1 radical (unpaired) electrons. The first-order valence-corrected chi connectivity index (χ1v) is 10.9. The Hall–Kier alpha value is -1.44. The molecule has 1 saturated heterocycles. The third-order valence-electron chi connectivity index (χ3n) is 6.54. The van der Waals surface area contributed by atoms with Crippen molar-refractivity contribution >= 4 is 0 Å². The van der Waals surface area contributed by atoms with Crippen molar-refractivity contribution in [1.29, 1.82) is 0 Å². The quantitative estimate of drug-likeness (QED) is 0.590. The van der Waals surface area contributed by atoms with Crippen LogP contribution in [0.4, 0.5) is 0 Å². The Labute approximate surface area is 215 Å². The number of piperidine rings is 1. The summed E-state index contributed by atoms with van der Waals surface area (Å²) < 4.78 is 1.57. The predicted molar refractivity (Wildman–Crippen MR) is 126 cm³/mol. The summed E-state index contributed by atoms with van der Waals surface area (Å²) in [6.07, 6.45) is 8.06. The number of benzene rings is 1. The molecule has 1 aliphatic heterocycles. The van der Waals surface area contributed by atoms with Crippen LogP contribution in [0.2, 0.25) is 0 Å². The molecule has 1 saturated carbocycles. The minimum Gasteiger partial charge on any atom is -0.674 e. The Balaban J connectivity index is 0.000000461. The van der Waals surface area contributed by atoms with Crippen LogP contribution in [-0.4, -0.2) is 39.9 Å². The average molecular weight is 509 g/mol. The molecule has 2 aromatic rings. The van der Waals surface area contributed by atoms with Crippen molar-refractivity contribution in [2.75, 3.05) is 19.6 Å². The molecule has 1 aromatic heterocycles. The van der Waals surface area contributed by atoms with Crippen LogP contribution in [0, 0.1) is 5.41 Å². The topological polar surface area (TPSA) is 93.0 Å². The number of aliphatic hydroxyl groups is 1. The van der Waals surface area contributed by atoms with Crippen LogP contribution >= 0.6 is 0 Å². The Kier molecular flexibility index (Phi) is 10.2. The Morgan fingerprint density at radius 1 is 1.25 bits per heavy atom. The molecule has 0 amide bonds. The molecule has 0 bridgehead atoms. The molecule has 2 heterocycles. The van der Waals surface area contributed by atoms with Gasteiger partial charge in [0, 0.05) is 44.3 Å². The smallest absolute Gasteiger partial charge is 0.253 e. The second-order valence-corrected chi connectivity index (χ2v) is 8.52. The van der Waals surface area contributed by atoms with Crippen molar-refractivity contribution in [3.8, 4) is 11.3 Å². The second-order valence-electron chi connectivity index (χ2n) is 8.52. The van der Waals surface area contributed by atoms with Crippen LogP contribution < -0.4 is 5.56 Å². The van der Waals surface area contributed by atoms with E-state index in [2.05, 4.69) is 23.5 Å². The summed E-state index contributed by atoms with van der Waals surface area (Å²) in [5, 5.41) is 16.0. The zero-order chi connectivity index (χ0) is 22.3. The summed E-state index contributed by atoms with van der Waals surface area (Å²) in [5.74, 6) is 0. The van der Waals surface area contributed by atoms with E-state index in [1.807, 2.05) is 30.3 Å². The first-order valence-electron chi connectivity index (χ1n) is 10.9. The fraction of sp³-hybridized carbons (Fsp3) is 0.440. The number of rotatable bonds is 5. The molecule has 6 nitrogen and oxygen atoms in total. The molecule has 1 atom stereocenters. The molecule has 4 rings (SSSR count). The van der Waals surface area contributed by atoms with Crippen molar-refractivity contribution in [2.45, 2.75) is 44.2 Å². The summed E-state index contributed by atoms with van der Waals surface area (Å²) in [6, 6.07) is 11.2. The summed E-state index contributed by atoms with van der Waals surface area (Å²) in [5.41, 5.74) is 7.86. The number of aromatic nitrogens is 2. The molecular formula is C25H32N4O2Y-2. The van der Waals surface area contributed by atoms with Crippen LogP contribution in [0.25, 0.3) is 22.3 Å². The van der Waals surface area contributed by atoms with E-state index in [0.29, 0.717) is 31.7 Å². The summed E-state index contributed by atoms with van der Waals surface area (Å²) in [4.78, 5) is 17.1. The number of nitrogens with zero attached hydrogens (tertiary/aromatic N) is 3. The molecule has 169 valence electrons. The normalized spacial score (nSPS) is 21.2. The number of nitrogens with one attached hydrogen (secondary N) is 1. The fourth-order valence-electron chi connectivity index (χ4n) is 4.56. The maximum atomic E-state index is 12.6. The van der Waals surface area contributed by atoms with E-state index >= 15 is 0 Å². The molecule has 2 fully saturated rings. The molecule has 1 unspecified atom stereocenters. The standard InChI is InChI=1S/C20H24N3O2.C5H8N.Y/c24-18-12-17(16-6-2-1-3-7-16)22-15-23(18)14-20(25)10-11-21-13-19(20)8-4-5-9-19;1-3-5(2)4-6;/h1-3,6-7,12,15,25H,4-5,8-11,13-14H2;3,6H,1-2,4H2;/q2*-1;. The van der Waals surface area contributed by atoms with Gasteiger partial charge in [0.2, 0.25) is 0 Å². The van der Waals surface area contributed by atoms with Crippen LogP contribution in [0.5, 0.6) is 0 Å². The fourth-order valence-corrected chi connectivity index (χ4v) is 4.56. The summed E-state index contributed by atoms with van der Waals surface area (Å²) in [6.45, 7) is 8.86. The van der Waals surface area contributed by atoms with Crippen LogP contribution in [0.1, 0.15) is 32.1 Å². The summed E-state index contributed by atoms with van der Waals surface area (Å²) >= 11 is 0. The molecule has 32 heavy (non-hydrogen) atoms. The molecule has 1 aromatic carbocycles. The number of hydrogen-bond donors (Lipinski definition) is 1. The SMILES string of the molecule is C=CC(=C)C[NH-].O=c1cc(-c2ccccc2)ncn1CC1(O)CC[N-]CC12CCCC2.[Y]. The maximum absolute atomic E-state index is 12.6. The van der Waals surface area contributed by atoms with Gasteiger partial charge in [0.05, 0.1) is 24.2 Å². The Morgan fingerprint density at radius 3 is 2.50 bits per heavy atom. The van der Waals surface area contributed by atoms with Crippen LogP contribution in [0.15, 0.2) is 72.3 Å². The molecule has 2 aliphatic rings. The van der Waals surface area contributed by atoms with Crippen molar-refractivity contribution in [3.63, 3.8) is 0 Å². The van der Waals surface area contributed by atoms with Gasteiger partial charge in [-0.1, -0.05) is 68.0 Å². The van der Waals surface area contributed by atoms with Crippen molar-refractivity contribution < 1.29 is 37.8 Å². The molecular weight excluding hydrogens is 477 g/mol. The van der Waals surface area contributed by atoms with Gasteiger partial charge in [-0.15, -0.1) is 19.6 Å². The van der Waals surface area contributed by atoms with Crippen LogP contribution in [0.3, 0.4) is 0 Å². The van der Waals surface area contributed by atoms with Gasteiger partial charge in [0.15, 0.2) is 0 Å². The third kappa shape index (κ3) is 6.12. The van der Waals surface area contributed by atoms with Gasteiger partial charge in [-0.05, 0) is 24.7 Å². The van der Waals surface area contributed by atoms with E-state index in [4.69, 9.17) is 5.73 Å². The molecule has 2 N–H and O–H groups in total. The zero-order valence-electron chi connectivity index (χ0n) is 18.7. The van der Waals surface area contributed by atoms with Gasteiger partial charge < -0.3 is 16.2 Å². The van der Waals surface area contributed by atoms with Crippen molar-refractivity contribution in [2.24, 2.45) is 5.41 Å². The van der Waals surface area contributed by atoms with E-state index in [1.165, 1.54) is 0 Å². The number of hydrogen-bond acceptors (Lipinski definition) is 3. The van der Waals surface area contributed by atoms with Gasteiger partial charge in [-0.25, -0.2) is 4.98 Å². The van der Waals surface area contributed by atoms with Gasteiger partial charge in [0.1, 0.15) is 0 Å². The first-order chi connectivity index (χ1) is 14.9. The Morgan fingerprint density at radius 2 is 1.94 bits per heavy atom. The third-order valence-corrected chi connectivity index (χ3v) is 6.54.